The Hall–Kier alpha value is -0.960. The Kier molecular flexibility index (Phi) is 12.6. The summed E-state index contributed by atoms with van der Waals surface area (Å²) in [4.78, 5) is 0. The molecule has 3 heteroatoms. The van der Waals surface area contributed by atoms with Crippen LogP contribution in [0.2, 0.25) is 0 Å². The highest BCUT2D eigenvalue weighted by atomic mass is 19.2. The minimum absolute atomic E-state index is 0.0605. The molecule has 0 heterocycles. The average molecular weight is 397 g/mol. The van der Waals surface area contributed by atoms with Crippen LogP contribution in [0.4, 0.5) is 8.78 Å². The molecule has 0 amide bonds. The van der Waals surface area contributed by atoms with Crippen LogP contribution in [0.5, 0.6) is 0 Å². The summed E-state index contributed by atoms with van der Waals surface area (Å²) in [7, 11) is 1.83. The number of rotatable bonds is 16. The van der Waals surface area contributed by atoms with Crippen molar-refractivity contribution < 1.29 is 13.5 Å². The molecule has 162 valence electrons. The number of hydrogen-bond acceptors (Lipinski definition) is 1. The van der Waals surface area contributed by atoms with E-state index < -0.39 is 11.6 Å². The number of hydrogen-bond donors (Lipinski definition) is 0. The molecule has 0 aliphatic carbocycles. The van der Waals surface area contributed by atoms with Gasteiger partial charge in [0.05, 0.1) is 5.60 Å². The zero-order valence-electron chi connectivity index (χ0n) is 18.7. The van der Waals surface area contributed by atoms with E-state index in [0.717, 1.165) is 24.8 Å². The molecule has 0 bridgehead atoms. The zero-order chi connectivity index (χ0) is 20.8. The molecule has 0 aliphatic rings. The van der Waals surface area contributed by atoms with Gasteiger partial charge in [0.1, 0.15) is 0 Å². The van der Waals surface area contributed by atoms with Gasteiger partial charge >= 0.3 is 0 Å². The third-order valence-electron chi connectivity index (χ3n) is 6.17. The van der Waals surface area contributed by atoms with E-state index >= 15 is 0 Å². The van der Waals surface area contributed by atoms with E-state index in [9.17, 15) is 8.78 Å². The van der Waals surface area contributed by atoms with Gasteiger partial charge in [-0.2, -0.15) is 0 Å². The topological polar surface area (TPSA) is 9.23 Å². The van der Waals surface area contributed by atoms with Gasteiger partial charge < -0.3 is 4.74 Å². The molecule has 0 N–H and O–H groups in total. The van der Waals surface area contributed by atoms with Gasteiger partial charge in [-0.25, -0.2) is 8.78 Å². The monoisotopic (exact) mass is 396 g/mol. The number of benzene rings is 1. The molecule has 1 nitrogen and oxygen atoms in total. The quantitative estimate of drug-likeness (QED) is 0.256. The summed E-state index contributed by atoms with van der Waals surface area (Å²) >= 11 is 0. The van der Waals surface area contributed by atoms with Crippen molar-refractivity contribution >= 4 is 0 Å². The largest absolute Gasteiger partial charge is 0.379 e. The number of methoxy groups -OCH3 is 1. The Morgan fingerprint density at radius 1 is 0.821 bits per heavy atom. The van der Waals surface area contributed by atoms with Crippen LogP contribution in [0.1, 0.15) is 103 Å². The van der Waals surface area contributed by atoms with Gasteiger partial charge in [0.15, 0.2) is 11.6 Å². The van der Waals surface area contributed by atoms with Gasteiger partial charge in [0.2, 0.25) is 0 Å². The van der Waals surface area contributed by atoms with E-state index in [-0.39, 0.29) is 5.60 Å². The van der Waals surface area contributed by atoms with Gasteiger partial charge in [0, 0.05) is 7.11 Å². The molecule has 0 fully saturated rings. The lowest BCUT2D eigenvalue weighted by atomic mass is 9.82. The lowest BCUT2D eigenvalue weighted by Gasteiger charge is -2.33. The third-order valence-corrected chi connectivity index (χ3v) is 6.17. The predicted octanol–water partition coefficient (Wildman–Crippen LogP) is 8.25. The molecule has 1 atom stereocenters. The van der Waals surface area contributed by atoms with Crippen molar-refractivity contribution in [3.05, 3.63) is 35.4 Å². The Morgan fingerprint density at radius 2 is 1.39 bits per heavy atom. The van der Waals surface area contributed by atoms with Crippen LogP contribution >= 0.6 is 0 Å². The van der Waals surface area contributed by atoms with Gasteiger partial charge in [0.25, 0.3) is 0 Å². The molecule has 0 aromatic heterocycles. The zero-order valence-corrected chi connectivity index (χ0v) is 18.7. The van der Waals surface area contributed by atoms with Crippen molar-refractivity contribution in [2.24, 2.45) is 5.92 Å². The van der Waals surface area contributed by atoms with Crippen LogP contribution < -0.4 is 0 Å². The average Bonchev–Trinajstić information content (AvgIpc) is 2.68. The summed E-state index contributed by atoms with van der Waals surface area (Å²) < 4.78 is 32.0. The second kappa shape index (κ2) is 14.1. The Balaban J connectivity index is 2.25. The number of aryl methyl sites for hydroxylation is 1. The standard InChI is InChI=1S/C25H42F2O/c1-5-6-7-8-9-13-16-22(25(2,3)28-4)17-14-11-10-12-15-21-18-19-23(26)24(27)20-21/h18-20,22H,5-17H2,1-4H3. The molecule has 0 saturated heterocycles. The van der Waals surface area contributed by atoms with Crippen LogP contribution in [-0.4, -0.2) is 12.7 Å². The fourth-order valence-corrected chi connectivity index (χ4v) is 3.95. The molecule has 28 heavy (non-hydrogen) atoms. The smallest absolute Gasteiger partial charge is 0.159 e. The van der Waals surface area contributed by atoms with Crippen molar-refractivity contribution in [1.82, 2.24) is 0 Å². The predicted molar refractivity (Wildman–Crippen MR) is 116 cm³/mol. The van der Waals surface area contributed by atoms with Crippen LogP contribution in [0.15, 0.2) is 18.2 Å². The van der Waals surface area contributed by atoms with E-state index in [4.69, 9.17) is 4.74 Å². The minimum atomic E-state index is -0.763. The summed E-state index contributed by atoms with van der Waals surface area (Å²) in [5, 5.41) is 0. The van der Waals surface area contributed by atoms with E-state index in [1.807, 2.05) is 7.11 Å². The lowest BCUT2D eigenvalue weighted by Crippen LogP contribution is -2.33. The van der Waals surface area contributed by atoms with Crippen LogP contribution in [0.3, 0.4) is 0 Å². The highest BCUT2D eigenvalue weighted by Crippen LogP contribution is 2.31. The number of ether oxygens (including phenoxy) is 1. The summed E-state index contributed by atoms with van der Waals surface area (Å²) in [6.07, 6.45) is 15.9. The first-order valence-electron chi connectivity index (χ1n) is 11.4. The molecule has 0 aliphatic heterocycles. The number of halogens is 2. The SMILES string of the molecule is CCCCCCCCC(CCCCCCc1ccc(F)c(F)c1)C(C)(C)OC. The second-order valence-electron chi connectivity index (χ2n) is 8.76. The molecule has 0 spiro atoms. The summed E-state index contributed by atoms with van der Waals surface area (Å²) in [5.74, 6) is -0.896. The normalized spacial score (nSPS) is 13.1. The second-order valence-corrected chi connectivity index (χ2v) is 8.76. The molecule has 0 radical (unpaired) electrons. The first-order valence-corrected chi connectivity index (χ1v) is 11.4. The van der Waals surface area contributed by atoms with Crippen LogP contribution in [0.25, 0.3) is 0 Å². The Morgan fingerprint density at radius 3 is 1.96 bits per heavy atom. The molecule has 1 rings (SSSR count). The van der Waals surface area contributed by atoms with Crippen LogP contribution in [-0.2, 0) is 11.2 Å². The highest BCUT2D eigenvalue weighted by molar-refractivity contribution is 5.17. The maximum atomic E-state index is 13.2. The maximum absolute atomic E-state index is 13.2. The fourth-order valence-electron chi connectivity index (χ4n) is 3.95. The Labute approximate surface area is 172 Å². The van der Waals surface area contributed by atoms with Crippen molar-refractivity contribution in [1.29, 1.82) is 0 Å². The van der Waals surface area contributed by atoms with Crippen molar-refractivity contribution in [3.8, 4) is 0 Å². The molecule has 1 aromatic carbocycles. The van der Waals surface area contributed by atoms with Crippen LogP contribution in [0, 0.1) is 17.6 Å². The fraction of sp³-hybridized carbons (Fsp3) is 0.760. The van der Waals surface area contributed by atoms with E-state index in [0.29, 0.717) is 5.92 Å². The molecule has 1 aromatic rings. The van der Waals surface area contributed by atoms with Crippen molar-refractivity contribution in [2.75, 3.05) is 7.11 Å². The first-order chi connectivity index (χ1) is 13.4. The highest BCUT2D eigenvalue weighted by Gasteiger charge is 2.28. The van der Waals surface area contributed by atoms with Crippen molar-refractivity contribution in [3.63, 3.8) is 0 Å². The summed E-state index contributed by atoms with van der Waals surface area (Å²) in [5.41, 5.74) is 0.829. The van der Waals surface area contributed by atoms with Gasteiger partial charge in [-0.3, -0.25) is 0 Å². The molecular weight excluding hydrogens is 354 g/mol. The maximum Gasteiger partial charge on any atom is 0.159 e. The molecule has 1 unspecified atom stereocenters. The van der Waals surface area contributed by atoms with E-state index in [1.54, 1.807) is 6.07 Å². The number of unbranched alkanes of at least 4 members (excludes halogenated alkanes) is 8. The van der Waals surface area contributed by atoms with E-state index in [1.165, 1.54) is 76.3 Å². The van der Waals surface area contributed by atoms with Gasteiger partial charge in [-0.15, -0.1) is 0 Å². The van der Waals surface area contributed by atoms with E-state index in [2.05, 4.69) is 20.8 Å². The lowest BCUT2D eigenvalue weighted by molar-refractivity contribution is -0.0352. The van der Waals surface area contributed by atoms with Gasteiger partial charge in [-0.1, -0.05) is 70.8 Å². The van der Waals surface area contributed by atoms with Crippen molar-refractivity contribution in [2.45, 2.75) is 110 Å². The summed E-state index contributed by atoms with van der Waals surface area (Å²) in [6, 6.07) is 4.24. The molecule has 0 saturated carbocycles. The Bertz CT molecular complexity index is 527. The molecular formula is C25H42F2O. The van der Waals surface area contributed by atoms with Gasteiger partial charge in [-0.05, 0) is 63.1 Å². The minimum Gasteiger partial charge on any atom is -0.379 e. The summed E-state index contributed by atoms with van der Waals surface area (Å²) in [6.45, 7) is 6.70. The third kappa shape index (κ3) is 10.0. The first kappa shape index (κ1) is 25.1.